The molecule has 0 saturated heterocycles. The van der Waals surface area contributed by atoms with Crippen molar-refractivity contribution in [3.8, 4) is 0 Å². The average molecular weight is 239 g/mol. The van der Waals surface area contributed by atoms with E-state index in [2.05, 4.69) is 10.1 Å². The van der Waals surface area contributed by atoms with E-state index in [0.717, 1.165) is 0 Å². The molecule has 1 unspecified atom stereocenters. The van der Waals surface area contributed by atoms with Gasteiger partial charge in [0.1, 0.15) is 5.82 Å². The maximum Gasteiger partial charge on any atom is 0.396 e. The van der Waals surface area contributed by atoms with Crippen LogP contribution in [-0.4, -0.2) is 18.5 Å². The van der Waals surface area contributed by atoms with E-state index in [1.165, 1.54) is 18.2 Å². The van der Waals surface area contributed by atoms with Crippen molar-refractivity contribution in [1.82, 2.24) is 5.32 Å². The fourth-order valence-electron chi connectivity index (χ4n) is 1.31. The monoisotopic (exact) mass is 239 g/mol. The van der Waals surface area contributed by atoms with Crippen LogP contribution in [0.2, 0.25) is 0 Å². The molecule has 0 bridgehead atoms. The van der Waals surface area contributed by atoms with Crippen molar-refractivity contribution in [2.75, 3.05) is 6.61 Å². The van der Waals surface area contributed by atoms with Crippen molar-refractivity contribution in [3.05, 3.63) is 35.6 Å². The summed E-state index contributed by atoms with van der Waals surface area (Å²) in [6.45, 7) is 3.41. The topological polar surface area (TPSA) is 55.4 Å². The number of hydrogen-bond donors (Lipinski definition) is 1. The van der Waals surface area contributed by atoms with E-state index >= 15 is 0 Å². The van der Waals surface area contributed by atoms with Gasteiger partial charge in [-0.25, -0.2) is 9.18 Å². The lowest BCUT2D eigenvalue weighted by atomic mass is 10.1. The van der Waals surface area contributed by atoms with Crippen LogP contribution >= 0.6 is 0 Å². The van der Waals surface area contributed by atoms with Gasteiger partial charge in [-0.1, -0.05) is 12.1 Å². The normalized spacial score (nSPS) is 11.7. The van der Waals surface area contributed by atoms with E-state index in [-0.39, 0.29) is 12.4 Å². The molecule has 1 N–H and O–H groups in total. The molecule has 0 fully saturated rings. The molecule has 4 nitrogen and oxygen atoms in total. The highest BCUT2D eigenvalue weighted by Gasteiger charge is 2.17. The Kier molecular flexibility index (Phi) is 4.63. The number of amides is 1. The van der Waals surface area contributed by atoms with Gasteiger partial charge in [0.2, 0.25) is 0 Å². The molecule has 0 radical (unpaired) electrons. The van der Waals surface area contributed by atoms with Gasteiger partial charge in [0.25, 0.3) is 0 Å². The molecule has 1 atom stereocenters. The second-order valence-electron chi connectivity index (χ2n) is 3.47. The Morgan fingerprint density at radius 2 is 2.18 bits per heavy atom. The second kappa shape index (κ2) is 5.98. The molecule has 1 rings (SSSR count). The molecule has 0 spiro atoms. The predicted molar refractivity (Wildman–Crippen MR) is 59.6 cm³/mol. The lowest BCUT2D eigenvalue weighted by Gasteiger charge is -2.13. The minimum absolute atomic E-state index is 0.139. The van der Waals surface area contributed by atoms with E-state index in [0.29, 0.717) is 5.56 Å². The Labute approximate surface area is 98.8 Å². The molecule has 92 valence electrons. The SMILES string of the molecule is CCOC(=O)C(=O)NC(C)c1cccc(F)c1. The van der Waals surface area contributed by atoms with Crippen LogP contribution in [-0.2, 0) is 14.3 Å². The lowest BCUT2D eigenvalue weighted by Crippen LogP contribution is -2.34. The van der Waals surface area contributed by atoms with Crippen LogP contribution in [0, 0.1) is 5.82 Å². The first-order chi connectivity index (χ1) is 8.04. The van der Waals surface area contributed by atoms with Crippen molar-refractivity contribution in [3.63, 3.8) is 0 Å². The zero-order valence-electron chi connectivity index (χ0n) is 9.70. The third kappa shape index (κ3) is 3.86. The largest absolute Gasteiger partial charge is 0.459 e. The lowest BCUT2D eigenvalue weighted by molar-refractivity contribution is -0.154. The maximum absolute atomic E-state index is 12.9. The van der Waals surface area contributed by atoms with E-state index in [1.54, 1.807) is 19.9 Å². The van der Waals surface area contributed by atoms with E-state index < -0.39 is 17.9 Å². The molecule has 0 aliphatic rings. The Hall–Kier alpha value is -1.91. The minimum Gasteiger partial charge on any atom is -0.459 e. The van der Waals surface area contributed by atoms with Crippen LogP contribution in [0.1, 0.15) is 25.5 Å². The van der Waals surface area contributed by atoms with Crippen molar-refractivity contribution in [1.29, 1.82) is 0 Å². The van der Waals surface area contributed by atoms with Crippen molar-refractivity contribution < 1.29 is 18.7 Å². The molecule has 0 aromatic heterocycles. The Morgan fingerprint density at radius 1 is 1.47 bits per heavy atom. The average Bonchev–Trinajstić information content (AvgIpc) is 2.29. The van der Waals surface area contributed by atoms with Gasteiger partial charge in [0, 0.05) is 0 Å². The molecule has 5 heteroatoms. The standard InChI is InChI=1S/C12H14FNO3/c1-3-17-12(16)11(15)14-8(2)9-5-4-6-10(13)7-9/h4-8H,3H2,1-2H3,(H,14,15). The highest BCUT2D eigenvalue weighted by atomic mass is 19.1. The van der Waals surface area contributed by atoms with E-state index in [9.17, 15) is 14.0 Å². The Balaban J connectivity index is 2.63. The van der Waals surface area contributed by atoms with Crippen LogP contribution in [0.25, 0.3) is 0 Å². The van der Waals surface area contributed by atoms with Gasteiger partial charge in [-0.3, -0.25) is 4.79 Å². The quantitative estimate of drug-likeness (QED) is 0.643. The molecular formula is C12H14FNO3. The summed E-state index contributed by atoms with van der Waals surface area (Å²) >= 11 is 0. The molecule has 17 heavy (non-hydrogen) atoms. The minimum atomic E-state index is -0.934. The van der Waals surface area contributed by atoms with Gasteiger partial charge in [-0.05, 0) is 31.5 Å². The third-order valence-corrected chi connectivity index (χ3v) is 2.16. The van der Waals surface area contributed by atoms with Crippen molar-refractivity contribution in [2.45, 2.75) is 19.9 Å². The van der Waals surface area contributed by atoms with E-state index in [4.69, 9.17) is 0 Å². The first-order valence-corrected chi connectivity index (χ1v) is 5.27. The summed E-state index contributed by atoms with van der Waals surface area (Å²) in [5.74, 6) is -2.15. The summed E-state index contributed by atoms with van der Waals surface area (Å²) in [6.07, 6.45) is 0. The summed E-state index contributed by atoms with van der Waals surface area (Å²) < 4.78 is 17.5. The molecule has 0 aliphatic carbocycles. The van der Waals surface area contributed by atoms with Gasteiger partial charge >= 0.3 is 11.9 Å². The number of halogens is 1. The molecule has 1 amide bonds. The highest BCUT2D eigenvalue weighted by molar-refractivity contribution is 6.32. The number of ether oxygens (including phenoxy) is 1. The summed E-state index contributed by atoms with van der Waals surface area (Å²) in [5.41, 5.74) is 0.586. The van der Waals surface area contributed by atoms with Crippen molar-refractivity contribution >= 4 is 11.9 Å². The fraction of sp³-hybridized carbons (Fsp3) is 0.333. The molecule has 1 aromatic carbocycles. The first kappa shape index (κ1) is 13.2. The summed E-state index contributed by atoms with van der Waals surface area (Å²) in [6, 6.07) is 5.36. The number of rotatable bonds is 3. The smallest absolute Gasteiger partial charge is 0.396 e. The van der Waals surface area contributed by atoms with Gasteiger partial charge in [0.15, 0.2) is 0 Å². The predicted octanol–water partition coefficient (Wildman–Crippen LogP) is 1.57. The van der Waals surface area contributed by atoms with Gasteiger partial charge in [0.05, 0.1) is 12.6 Å². The molecule has 0 heterocycles. The van der Waals surface area contributed by atoms with Crippen LogP contribution in [0.3, 0.4) is 0 Å². The molecule has 0 aliphatic heterocycles. The highest BCUT2D eigenvalue weighted by Crippen LogP contribution is 2.13. The van der Waals surface area contributed by atoms with Crippen LogP contribution in [0.4, 0.5) is 4.39 Å². The number of nitrogens with one attached hydrogen (secondary N) is 1. The number of carbonyl (C=O) groups excluding carboxylic acids is 2. The summed E-state index contributed by atoms with van der Waals surface area (Å²) in [7, 11) is 0. The van der Waals surface area contributed by atoms with Crippen LogP contribution in [0.5, 0.6) is 0 Å². The first-order valence-electron chi connectivity index (χ1n) is 5.27. The van der Waals surface area contributed by atoms with Gasteiger partial charge in [-0.2, -0.15) is 0 Å². The van der Waals surface area contributed by atoms with Crippen molar-refractivity contribution in [2.24, 2.45) is 0 Å². The number of esters is 1. The number of hydrogen-bond acceptors (Lipinski definition) is 3. The zero-order chi connectivity index (χ0) is 12.8. The Morgan fingerprint density at radius 3 is 2.76 bits per heavy atom. The van der Waals surface area contributed by atoms with Crippen LogP contribution < -0.4 is 5.32 Å². The van der Waals surface area contributed by atoms with Gasteiger partial charge in [-0.15, -0.1) is 0 Å². The number of benzene rings is 1. The Bertz CT molecular complexity index is 420. The van der Waals surface area contributed by atoms with E-state index in [1.807, 2.05) is 0 Å². The zero-order valence-corrected chi connectivity index (χ0v) is 9.70. The van der Waals surface area contributed by atoms with Gasteiger partial charge < -0.3 is 10.1 Å². The number of carbonyl (C=O) groups is 2. The maximum atomic E-state index is 12.9. The van der Waals surface area contributed by atoms with Crippen LogP contribution in [0.15, 0.2) is 24.3 Å². The molecular weight excluding hydrogens is 225 g/mol. The summed E-state index contributed by atoms with van der Waals surface area (Å²) in [5, 5.41) is 2.43. The second-order valence-corrected chi connectivity index (χ2v) is 3.47. The molecule has 0 saturated carbocycles. The fourth-order valence-corrected chi connectivity index (χ4v) is 1.31. The molecule has 1 aromatic rings. The third-order valence-electron chi connectivity index (χ3n) is 2.16. The summed E-state index contributed by atoms with van der Waals surface area (Å²) in [4.78, 5) is 22.4.